The molecule has 0 fully saturated rings. The molecule has 0 heterocycles. The molecular weight excluding hydrogens is 448 g/mol. The van der Waals surface area contributed by atoms with Gasteiger partial charge in [0.15, 0.2) is 0 Å². The summed E-state index contributed by atoms with van der Waals surface area (Å²) in [6.45, 7) is 0. The Kier molecular flexibility index (Phi) is 6.98. The highest BCUT2D eigenvalue weighted by molar-refractivity contribution is 5.83. The second-order valence-electron chi connectivity index (χ2n) is 7.30. The van der Waals surface area contributed by atoms with Crippen LogP contribution in [0.25, 0.3) is 0 Å². The molecule has 0 aliphatic carbocycles. The first-order valence-corrected chi connectivity index (χ1v) is 10.4. The molecule has 0 aliphatic rings. The predicted octanol–water partition coefficient (Wildman–Crippen LogP) is 6.80. The van der Waals surface area contributed by atoms with E-state index in [1.54, 1.807) is 85.2 Å². The SMILES string of the molecule is O=[N+]([O-])c1ccc(C=Nc2ccc(Oc3ccc(N=Cc4ccc([N+](=O)[O-])cc4)cc3)cc2)cc1. The van der Waals surface area contributed by atoms with Crippen molar-refractivity contribution in [1.82, 2.24) is 0 Å². The van der Waals surface area contributed by atoms with Crippen molar-refractivity contribution in [3.8, 4) is 11.5 Å². The van der Waals surface area contributed by atoms with Gasteiger partial charge in [0.2, 0.25) is 0 Å². The molecule has 0 radical (unpaired) electrons. The van der Waals surface area contributed by atoms with Crippen LogP contribution in [0.3, 0.4) is 0 Å². The fraction of sp³-hybridized carbons (Fsp3) is 0. The van der Waals surface area contributed by atoms with Crippen molar-refractivity contribution in [2.24, 2.45) is 9.98 Å². The largest absolute Gasteiger partial charge is 0.457 e. The Labute approximate surface area is 200 Å². The minimum atomic E-state index is -0.442. The number of non-ortho nitro benzene ring substituents is 2. The van der Waals surface area contributed by atoms with Crippen LogP contribution < -0.4 is 4.74 Å². The molecule has 0 aromatic heterocycles. The van der Waals surface area contributed by atoms with E-state index >= 15 is 0 Å². The Bertz CT molecular complexity index is 1270. The lowest BCUT2D eigenvalue weighted by Crippen LogP contribution is -1.88. The second kappa shape index (κ2) is 10.6. The van der Waals surface area contributed by atoms with E-state index in [4.69, 9.17) is 4.74 Å². The molecule has 0 spiro atoms. The third kappa shape index (κ3) is 6.42. The lowest BCUT2D eigenvalue weighted by atomic mass is 10.2. The number of nitrogens with zero attached hydrogens (tertiary/aromatic N) is 4. The van der Waals surface area contributed by atoms with Crippen molar-refractivity contribution in [3.05, 3.63) is 128 Å². The van der Waals surface area contributed by atoms with Gasteiger partial charge in [-0.2, -0.15) is 0 Å². The Morgan fingerprint density at radius 1 is 0.543 bits per heavy atom. The van der Waals surface area contributed by atoms with Crippen LogP contribution in [0.5, 0.6) is 11.5 Å². The van der Waals surface area contributed by atoms with Crippen molar-refractivity contribution < 1.29 is 14.6 Å². The van der Waals surface area contributed by atoms with E-state index in [-0.39, 0.29) is 11.4 Å². The number of rotatable bonds is 8. The third-order valence-electron chi connectivity index (χ3n) is 4.84. The molecule has 0 saturated carbocycles. The molecule has 172 valence electrons. The molecule has 0 unspecified atom stereocenters. The van der Waals surface area contributed by atoms with E-state index in [0.717, 1.165) is 11.1 Å². The first-order valence-electron chi connectivity index (χ1n) is 10.4. The summed E-state index contributed by atoms with van der Waals surface area (Å²) in [5.74, 6) is 1.28. The van der Waals surface area contributed by atoms with Gasteiger partial charge in [0.25, 0.3) is 11.4 Å². The van der Waals surface area contributed by atoms with Crippen LogP contribution in [0.2, 0.25) is 0 Å². The minimum absolute atomic E-state index is 0.0352. The van der Waals surface area contributed by atoms with Gasteiger partial charge in [0.05, 0.1) is 21.2 Å². The topological polar surface area (TPSA) is 120 Å². The van der Waals surface area contributed by atoms with Gasteiger partial charge in [-0.05, 0) is 83.9 Å². The Balaban J connectivity index is 1.33. The van der Waals surface area contributed by atoms with Crippen LogP contribution in [0.4, 0.5) is 22.7 Å². The molecule has 9 nitrogen and oxygen atoms in total. The van der Waals surface area contributed by atoms with E-state index in [9.17, 15) is 20.2 Å². The molecule has 4 rings (SSSR count). The standard InChI is InChI=1S/C26H18N4O5/c31-29(32)23-9-1-19(2-10-23)17-27-21-5-13-25(14-6-21)35-26-15-7-22(8-16-26)28-18-20-3-11-24(12-4-20)30(33)34/h1-18H. The smallest absolute Gasteiger partial charge is 0.269 e. The zero-order valence-corrected chi connectivity index (χ0v) is 18.2. The summed E-state index contributed by atoms with van der Waals surface area (Å²) in [7, 11) is 0. The second-order valence-corrected chi connectivity index (χ2v) is 7.30. The summed E-state index contributed by atoms with van der Waals surface area (Å²) in [5.41, 5.74) is 3.01. The predicted molar refractivity (Wildman–Crippen MR) is 134 cm³/mol. The molecule has 0 N–H and O–H groups in total. The minimum Gasteiger partial charge on any atom is -0.457 e. The van der Waals surface area contributed by atoms with Gasteiger partial charge in [-0.3, -0.25) is 30.2 Å². The highest BCUT2D eigenvalue weighted by Gasteiger charge is 2.04. The molecule has 0 aliphatic heterocycles. The van der Waals surface area contributed by atoms with Gasteiger partial charge in [-0.1, -0.05) is 0 Å². The molecule has 0 bridgehead atoms. The summed E-state index contributed by atoms with van der Waals surface area (Å²) in [6.07, 6.45) is 3.27. The van der Waals surface area contributed by atoms with Crippen LogP contribution >= 0.6 is 0 Å². The number of nitro groups is 2. The summed E-state index contributed by atoms with van der Waals surface area (Å²) >= 11 is 0. The number of ether oxygens (including phenoxy) is 1. The summed E-state index contributed by atoms with van der Waals surface area (Å²) in [4.78, 5) is 29.3. The fourth-order valence-electron chi connectivity index (χ4n) is 3.00. The quantitative estimate of drug-likeness (QED) is 0.161. The van der Waals surface area contributed by atoms with Crippen molar-refractivity contribution in [2.75, 3.05) is 0 Å². The highest BCUT2D eigenvalue weighted by atomic mass is 16.6. The van der Waals surface area contributed by atoms with E-state index < -0.39 is 9.85 Å². The molecule has 4 aromatic carbocycles. The zero-order chi connectivity index (χ0) is 24.6. The zero-order valence-electron chi connectivity index (χ0n) is 18.2. The molecule has 0 amide bonds. The van der Waals surface area contributed by atoms with Gasteiger partial charge in [-0.25, -0.2) is 0 Å². The maximum Gasteiger partial charge on any atom is 0.269 e. The van der Waals surface area contributed by atoms with Gasteiger partial charge in [0.1, 0.15) is 11.5 Å². The van der Waals surface area contributed by atoms with Crippen molar-refractivity contribution in [3.63, 3.8) is 0 Å². The van der Waals surface area contributed by atoms with E-state index in [1.807, 2.05) is 0 Å². The average Bonchev–Trinajstić information content (AvgIpc) is 2.88. The summed E-state index contributed by atoms with van der Waals surface area (Å²) in [6, 6.07) is 26.7. The summed E-state index contributed by atoms with van der Waals surface area (Å²) < 4.78 is 5.85. The van der Waals surface area contributed by atoms with Crippen LogP contribution in [-0.4, -0.2) is 22.3 Å². The van der Waals surface area contributed by atoms with E-state index in [0.29, 0.717) is 22.9 Å². The maximum atomic E-state index is 10.7. The monoisotopic (exact) mass is 466 g/mol. The average molecular weight is 466 g/mol. The number of benzene rings is 4. The molecule has 35 heavy (non-hydrogen) atoms. The van der Waals surface area contributed by atoms with Gasteiger partial charge in [0, 0.05) is 36.7 Å². The first kappa shape index (κ1) is 23.0. The Morgan fingerprint density at radius 2 is 0.886 bits per heavy atom. The lowest BCUT2D eigenvalue weighted by molar-refractivity contribution is -0.385. The van der Waals surface area contributed by atoms with Crippen molar-refractivity contribution >= 4 is 35.2 Å². The third-order valence-corrected chi connectivity index (χ3v) is 4.84. The Morgan fingerprint density at radius 3 is 1.20 bits per heavy atom. The Hall–Kier alpha value is -5.18. The van der Waals surface area contributed by atoms with Crippen LogP contribution in [0.1, 0.15) is 11.1 Å². The first-order chi connectivity index (χ1) is 17.0. The van der Waals surface area contributed by atoms with Crippen LogP contribution in [-0.2, 0) is 0 Å². The molecular formula is C26H18N4O5. The van der Waals surface area contributed by atoms with E-state index in [2.05, 4.69) is 9.98 Å². The van der Waals surface area contributed by atoms with Gasteiger partial charge >= 0.3 is 0 Å². The maximum absolute atomic E-state index is 10.7. The molecule has 4 aromatic rings. The van der Waals surface area contributed by atoms with Gasteiger partial charge < -0.3 is 4.74 Å². The van der Waals surface area contributed by atoms with E-state index in [1.165, 1.54) is 24.3 Å². The number of hydrogen-bond donors (Lipinski definition) is 0. The molecule has 0 atom stereocenters. The highest BCUT2D eigenvalue weighted by Crippen LogP contribution is 2.26. The molecule has 0 saturated heterocycles. The number of nitro benzene ring substituents is 2. The normalized spacial score (nSPS) is 11.1. The van der Waals surface area contributed by atoms with Gasteiger partial charge in [-0.15, -0.1) is 0 Å². The van der Waals surface area contributed by atoms with Crippen molar-refractivity contribution in [1.29, 1.82) is 0 Å². The summed E-state index contributed by atoms with van der Waals surface area (Å²) in [5, 5.41) is 21.4. The van der Waals surface area contributed by atoms with Crippen LogP contribution in [0.15, 0.2) is 107 Å². The van der Waals surface area contributed by atoms with Crippen molar-refractivity contribution in [2.45, 2.75) is 0 Å². The van der Waals surface area contributed by atoms with Crippen LogP contribution in [0, 0.1) is 20.2 Å². The molecule has 9 heteroatoms. The number of aliphatic imine (C=N–C) groups is 2. The lowest BCUT2D eigenvalue weighted by Gasteiger charge is -2.06. The fourth-order valence-corrected chi connectivity index (χ4v) is 3.00. The number of hydrogen-bond acceptors (Lipinski definition) is 7.